The summed E-state index contributed by atoms with van der Waals surface area (Å²) in [4.78, 5) is 16.4. The van der Waals surface area contributed by atoms with Gasteiger partial charge in [-0.1, -0.05) is 0 Å². The highest BCUT2D eigenvalue weighted by molar-refractivity contribution is 6.13. The van der Waals surface area contributed by atoms with Crippen molar-refractivity contribution in [3.63, 3.8) is 0 Å². The van der Waals surface area contributed by atoms with Crippen molar-refractivity contribution in [2.75, 3.05) is 0 Å². The normalized spacial score (nSPS) is 12.1. The molecule has 0 aliphatic heterocycles. The minimum absolute atomic E-state index is 0.0784. The van der Waals surface area contributed by atoms with E-state index in [0.29, 0.717) is 11.3 Å². The van der Waals surface area contributed by atoms with Crippen LogP contribution in [0.1, 0.15) is 23.7 Å². The van der Waals surface area contributed by atoms with Crippen molar-refractivity contribution in [3.8, 4) is 17.1 Å². The van der Waals surface area contributed by atoms with Crippen molar-refractivity contribution < 1.29 is 5.11 Å². The number of nitrogens with one attached hydrogen (secondary N) is 1. The lowest BCUT2D eigenvalue weighted by Crippen LogP contribution is -1.94. The van der Waals surface area contributed by atoms with E-state index in [-0.39, 0.29) is 5.88 Å². The average molecular weight is 360 g/mol. The molecule has 7 nitrogen and oxygen atoms in total. The van der Waals surface area contributed by atoms with E-state index in [0.717, 1.165) is 39.1 Å². The SMILES string of the molecule is CC(=Nc1cn(C)nc1C)c1c(O)[nH]c2cnc(-c3cnccc3C)cc12. The molecule has 4 heterocycles. The van der Waals surface area contributed by atoms with Gasteiger partial charge in [-0.25, -0.2) is 4.99 Å². The smallest absolute Gasteiger partial charge is 0.198 e. The van der Waals surface area contributed by atoms with Crippen LogP contribution in [0.15, 0.2) is 41.9 Å². The Morgan fingerprint density at radius 2 is 2.07 bits per heavy atom. The fraction of sp³-hybridized carbons (Fsp3) is 0.200. The molecule has 4 aromatic rings. The Labute approximate surface area is 156 Å². The summed E-state index contributed by atoms with van der Waals surface area (Å²) in [6.45, 7) is 5.81. The molecular formula is C20H20N6O. The van der Waals surface area contributed by atoms with Gasteiger partial charge in [0.15, 0.2) is 5.88 Å². The van der Waals surface area contributed by atoms with Crippen LogP contribution in [0.3, 0.4) is 0 Å². The molecule has 0 radical (unpaired) electrons. The maximum atomic E-state index is 10.5. The highest BCUT2D eigenvalue weighted by Crippen LogP contribution is 2.32. The number of hydrogen-bond acceptors (Lipinski definition) is 5. The van der Waals surface area contributed by atoms with Crippen molar-refractivity contribution in [3.05, 3.63) is 53.7 Å². The minimum atomic E-state index is 0.0784. The third kappa shape index (κ3) is 2.97. The number of fused-ring (bicyclic) bond motifs is 1. The zero-order valence-electron chi connectivity index (χ0n) is 15.6. The van der Waals surface area contributed by atoms with Crippen molar-refractivity contribution in [2.24, 2.45) is 12.0 Å². The molecule has 4 aromatic heterocycles. The first-order valence-electron chi connectivity index (χ1n) is 8.61. The Kier molecular flexibility index (Phi) is 3.99. The summed E-state index contributed by atoms with van der Waals surface area (Å²) in [7, 11) is 1.86. The average Bonchev–Trinajstić information content (AvgIpc) is 3.12. The first-order valence-corrected chi connectivity index (χ1v) is 8.61. The van der Waals surface area contributed by atoms with Crippen molar-refractivity contribution in [1.29, 1.82) is 0 Å². The Hall–Kier alpha value is -3.48. The topological polar surface area (TPSA) is 92.0 Å². The van der Waals surface area contributed by atoms with Crippen molar-refractivity contribution >= 4 is 22.3 Å². The summed E-state index contributed by atoms with van der Waals surface area (Å²) in [6.07, 6.45) is 7.15. The van der Waals surface area contributed by atoms with E-state index in [1.54, 1.807) is 23.3 Å². The Morgan fingerprint density at radius 1 is 1.26 bits per heavy atom. The van der Waals surface area contributed by atoms with E-state index in [9.17, 15) is 5.11 Å². The molecule has 0 aliphatic carbocycles. The molecule has 0 aliphatic rings. The second-order valence-electron chi connectivity index (χ2n) is 6.62. The maximum Gasteiger partial charge on any atom is 0.198 e. The molecule has 0 saturated carbocycles. The molecule has 0 atom stereocenters. The third-order valence-corrected chi connectivity index (χ3v) is 4.62. The predicted octanol–water partition coefficient (Wildman–Crippen LogP) is 3.82. The molecule has 2 N–H and O–H groups in total. The van der Waals surface area contributed by atoms with E-state index in [4.69, 9.17) is 0 Å². The molecule has 0 unspecified atom stereocenters. The molecule has 0 spiro atoms. The number of aromatic nitrogens is 5. The number of aliphatic imine (C=N–C) groups is 1. The Bertz CT molecular complexity index is 1180. The maximum absolute atomic E-state index is 10.5. The van der Waals surface area contributed by atoms with Gasteiger partial charge < -0.3 is 10.1 Å². The van der Waals surface area contributed by atoms with E-state index in [2.05, 4.69) is 25.0 Å². The van der Waals surface area contributed by atoms with Gasteiger partial charge in [-0.3, -0.25) is 14.6 Å². The minimum Gasteiger partial charge on any atom is -0.494 e. The Morgan fingerprint density at radius 3 is 2.78 bits per heavy atom. The molecule has 0 bridgehead atoms. The second-order valence-corrected chi connectivity index (χ2v) is 6.62. The van der Waals surface area contributed by atoms with E-state index in [1.165, 1.54) is 0 Å². The van der Waals surface area contributed by atoms with Crippen LogP contribution in [0, 0.1) is 13.8 Å². The number of aromatic hydroxyl groups is 1. The molecule has 0 fully saturated rings. The predicted molar refractivity (Wildman–Crippen MR) is 106 cm³/mol. The molecule has 7 heteroatoms. The molecule has 27 heavy (non-hydrogen) atoms. The van der Waals surface area contributed by atoms with Crippen LogP contribution < -0.4 is 0 Å². The third-order valence-electron chi connectivity index (χ3n) is 4.62. The summed E-state index contributed by atoms with van der Waals surface area (Å²) < 4.78 is 1.73. The summed E-state index contributed by atoms with van der Waals surface area (Å²) in [5.41, 5.74) is 6.60. The second kappa shape index (κ2) is 6.35. The number of hydrogen-bond donors (Lipinski definition) is 2. The lowest BCUT2D eigenvalue weighted by Gasteiger charge is -2.05. The molecule has 0 amide bonds. The van der Waals surface area contributed by atoms with Crippen molar-refractivity contribution in [1.82, 2.24) is 24.7 Å². The lowest BCUT2D eigenvalue weighted by molar-refractivity contribution is 0.457. The van der Waals surface area contributed by atoms with Gasteiger partial charge in [0.25, 0.3) is 0 Å². The van der Waals surface area contributed by atoms with Gasteiger partial charge in [0.2, 0.25) is 0 Å². The zero-order chi connectivity index (χ0) is 19.1. The number of H-pyrrole nitrogens is 1. The molecule has 0 saturated heterocycles. The first kappa shape index (κ1) is 17.0. The summed E-state index contributed by atoms with van der Waals surface area (Å²) in [5.74, 6) is 0.0784. The van der Waals surface area contributed by atoms with E-state index in [1.807, 2.05) is 46.1 Å². The first-order chi connectivity index (χ1) is 12.9. The van der Waals surface area contributed by atoms with Crippen LogP contribution in [0.25, 0.3) is 22.2 Å². The fourth-order valence-electron chi connectivity index (χ4n) is 3.26. The Balaban J connectivity index is 1.88. The van der Waals surface area contributed by atoms with Gasteiger partial charge in [0.05, 0.1) is 40.6 Å². The number of aromatic amines is 1. The highest BCUT2D eigenvalue weighted by Gasteiger charge is 2.16. The van der Waals surface area contributed by atoms with Crippen LogP contribution in [0.2, 0.25) is 0 Å². The van der Waals surface area contributed by atoms with Gasteiger partial charge >= 0.3 is 0 Å². The summed E-state index contributed by atoms with van der Waals surface area (Å²) in [6, 6.07) is 3.91. The molecule has 136 valence electrons. The lowest BCUT2D eigenvalue weighted by atomic mass is 10.0. The zero-order valence-corrected chi connectivity index (χ0v) is 15.6. The van der Waals surface area contributed by atoms with Gasteiger partial charge in [-0.2, -0.15) is 5.10 Å². The quantitative estimate of drug-likeness (QED) is 0.543. The molecule has 4 rings (SSSR count). The monoisotopic (exact) mass is 360 g/mol. The number of pyridine rings is 2. The van der Waals surface area contributed by atoms with E-state index < -0.39 is 0 Å². The number of nitrogens with zero attached hydrogens (tertiary/aromatic N) is 5. The summed E-state index contributed by atoms with van der Waals surface area (Å²) in [5, 5.41) is 15.7. The largest absolute Gasteiger partial charge is 0.494 e. The van der Waals surface area contributed by atoms with Crippen LogP contribution >= 0.6 is 0 Å². The van der Waals surface area contributed by atoms with Crippen molar-refractivity contribution in [2.45, 2.75) is 20.8 Å². The number of rotatable bonds is 3. The number of aryl methyl sites for hydroxylation is 3. The van der Waals surface area contributed by atoms with Gasteiger partial charge in [0.1, 0.15) is 5.69 Å². The fourth-order valence-corrected chi connectivity index (χ4v) is 3.26. The van der Waals surface area contributed by atoms with Crippen LogP contribution in [0.5, 0.6) is 5.88 Å². The van der Waals surface area contributed by atoms with Crippen LogP contribution in [-0.2, 0) is 7.05 Å². The van der Waals surface area contributed by atoms with Crippen LogP contribution in [0.4, 0.5) is 5.69 Å². The van der Waals surface area contributed by atoms with E-state index >= 15 is 0 Å². The molecule has 0 aromatic carbocycles. The van der Waals surface area contributed by atoms with Gasteiger partial charge in [-0.05, 0) is 38.5 Å². The van der Waals surface area contributed by atoms with Gasteiger partial charge in [-0.15, -0.1) is 0 Å². The highest BCUT2D eigenvalue weighted by atomic mass is 16.3. The van der Waals surface area contributed by atoms with Gasteiger partial charge in [0, 0.05) is 30.4 Å². The summed E-state index contributed by atoms with van der Waals surface area (Å²) >= 11 is 0. The standard InChI is InChI=1S/C20H20N6O/c1-11-5-6-21-8-15(11)16-7-14-17(9-22-16)24-20(27)19(14)13(3)23-18-10-26(4)25-12(18)2/h5-10,24,27H,1-4H3. The van der Waals surface area contributed by atoms with Crippen LogP contribution in [-0.4, -0.2) is 35.6 Å². The molecular weight excluding hydrogens is 340 g/mol.